The van der Waals surface area contributed by atoms with Gasteiger partial charge in [-0.1, -0.05) is 187 Å². The van der Waals surface area contributed by atoms with Crippen molar-refractivity contribution in [2.24, 2.45) is 0 Å². The first kappa shape index (κ1) is 73.5. The van der Waals surface area contributed by atoms with Crippen LogP contribution in [0.1, 0.15) is 101 Å². The second-order valence-electron chi connectivity index (χ2n) is 5.23. The van der Waals surface area contributed by atoms with E-state index < -0.39 is 0 Å². The number of benzene rings is 3. The standard InChI is InChI=1S/C9H12.C8H10.C6H6.5C2H6.3CH3.3Rb/c1-2-6-9-7-4-3-5-8-9;1-2-8-6-4-3-5-7-8;1-2-4-6-5-3-1;5*1-2;;;;;;/h3-5,7-8H,2,6H2,1H3;3-7H,2H2,1H3;1-6H;5*1-2H3;3*1H3;;;/q;;;;;;;;3*-1;3*+1. The van der Waals surface area contributed by atoms with Gasteiger partial charge < -0.3 is 22.3 Å². The molecule has 0 saturated carbocycles. The summed E-state index contributed by atoms with van der Waals surface area (Å²) in [4.78, 5) is 0. The summed E-state index contributed by atoms with van der Waals surface area (Å²) in [6.45, 7) is 24.4. The zero-order valence-corrected chi connectivity index (χ0v) is 45.1. The van der Waals surface area contributed by atoms with Crippen LogP contribution >= 0.6 is 0 Å². The fourth-order valence-corrected chi connectivity index (χ4v) is 2.03. The summed E-state index contributed by atoms with van der Waals surface area (Å²) in [5.41, 5.74) is 2.85. The fourth-order valence-electron chi connectivity index (χ4n) is 2.03. The normalized spacial score (nSPS) is 6.05. The van der Waals surface area contributed by atoms with E-state index in [1.54, 1.807) is 0 Å². The van der Waals surface area contributed by atoms with E-state index in [1.165, 1.54) is 24.0 Å². The molecule has 39 heavy (non-hydrogen) atoms. The zero-order valence-electron chi connectivity index (χ0n) is 30.4. The maximum Gasteiger partial charge on any atom is 1.00 e. The first-order valence-corrected chi connectivity index (χ1v) is 13.4. The molecule has 0 aliphatic rings. The number of rotatable bonds is 3. The Morgan fingerprint density at radius 2 is 0.564 bits per heavy atom. The van der Waals surface area contributed by atoms with Gasteiger partial charge in [0.25, 0.3) is 0 Å². The van der Waals surface area contributed by atoms with Gasteiger partial charge >= 0.3 is 175 Å². The van der Waals surface area contributed by atoms with Crippen LogP contribution in [0.4, 0.5) is 0 Å². The van der Waals surface area contributed by atoms with Gasteiger partial charge in [-0.15, -0.1) is 0 Å². The maximum atomic E-state index is 2.20. The van der Waals surface area contributed by atoms with Gasteiger partial charge in [-0.2, -0.15) is 0 Å². The van der Waals surface area contributed by atoms with E-state index in [0.717, 1.165) is 6.42 Å². The van der Waals surface area contributed by atoms with Crippen molar-refractivity contribution in [3.8, 4) is 0 Å². The third-order valence-electron chi connectivity index (χ3n) is 3.30. The molecule has 0 spiro atoms. The van der Waals surface area contributed by atoms with Gasteiger partial charge in [0.15, 0.2) is 0 Å². The topological polar surface area (TPSA) is 0 Å². The van der Waals surface area contributed by atoms with Crippen LogP contribution in [0.5, 0.6) is 0 Å². The zero-order chi connectivity index (χ0) is 26.6. The molecule has 0 aromatic heterocycles. The Balaban J connectivity index is -0.0000000272. The molecule has 3 heteroatoms. The van der Waals surface area contributed by atoms with Crippen LogP contribution in [0.25, 0.3) is 0 Å². The van der Waals surface area contributed by atoms with E-state index >= 15 is 0 Å². The summed E-state index contributed by atoms with van der Waals surface area (Å²) in [7, 11) is 0. The molecule has 3 aromatic rings. The molecule has 0 heterocycles. The van der Waals surface area contributed by atoms with Gasteiger partial charge in [-0.3, -0.25) is 0 Å². The van der Waals surface area contributed by atoms with Crippen LogP contribution in [0, 0.1) is 22.3 Å². The van der Waals surface area contributed by atoms with Crippen molar-refractivity contribution in [2.45, 2.75) is 102 Å². The van der Waals surface area contributed by atoms with Crippen molar-refractivity contribution in [1.82, 2.24) is 0 Å². The molecule has 0 N–H and O–H groups in total. The molecule has 0 unspecified atom stereocenters. The molecule has 0 bridgehead atoms. The minimum Gasteiger partial charge on any atom is -0.358 e. The molecule has 0 radical (unpaired) electrons. The van der Waals surface area contributed by atoms with Crippen LogP contribution in [0.15, 0.2) is 97.1 Å². The molecule has 0 fully saturated rings. The molecule has 0 atom stereocenters. The van der Waals surface area contributed by atoms with Crippen LogP contribution in [-0.2, 0) is 12.8 Å². The van der Waals surface area contributed by atoms with Crippen LogP contribution < -0.4 is 175 Å². The summed E-state index contributed by atoms with van der Waals surface area (Å²) in [5.74, 6) is 0. The predicted molar refractivity (Wildman–Crippen MR) is 179 cm³/mol. The largest absolute Gasteiger partial charge is 1.00 e. The van der Waals surface area contributed by atoms with E-state index in [-0.39, 0.29) is 197 Å². The number of hydrogen-bond acceptors (Lipinski definition) is 0. The molecular weight excluding hydrogens is 689 g/mol. The van der Waals surface area contributed by atoms with E-state index in [0.29, 0.717) is 0 Å². The third-order valence-corrected chi connectivity index (χ3v) is 3.30. The minimum absolute atomic E-state index is 0. The average molecular weight is 756 g/mol. The Hall–Kier alpha value is 3.08. The first-order chi connectivity index (χ1) is 16.4. The summed E-state index contributed by atoms with van der Waals surface area (Å²) in [5, 5.41) is 0. The van der Waals surface area contributed by atoms with Crippen molar-refractivity contribution >= 4 is 0 Å². The van der Waals surface area contributed by atoms with E-state index in [4.69, 9.17) is 0 Å². The smallest absolute Gasteiger partial charge is 0.358 e. The molecule has 0 saturated heterocycles. The second kappa shape index (κ2) is 83.7. The van der Waals surface area contributed by atoms with Gasteiger partial charge in [-0.05, 0) is 24.0 Å². The Labute approximate surface area is 398 Å². The Kier molecular flexibility index (Phi) is 158. The Morgan fingerprint density at radius 1 is 0.359 bits per heavy atom. The van der Waals surface area contributed by atoms with Crippen molar-refractivity contribution in [3.63, 3.8) is 0 Å². The Bertz CT molecular complexity index is 559. The summed E-state index contributed by atoms with van der Waals surface area (Å²) < 4.78 is 0. The van der Waals surface area contributed by atoms with Crippen molar-refractivity contribution in [1.29, 1.82) is 0 Å². The van der Waals surface area contributed by atoms with E-state index in [1.807, 2.05) is 112 Å². The van der Waals surface area contributed by atoms with Crippen molar-refractivity contribution < 1.29 is 175 Å². The van der Waals surface area contributed by atoms with Gasteiger partial charge in [0, 0.05) is 0 Å². The molecule has 0 aliphatic carbocycles. The summed E-state index contributed by atoms with van der Waals surface area (Å²) in [6, 6.07) is 33.0. The predicted octanol–water partition coefficient (Wildman–Crippen LogP) is 4.07. The van der Waals surface area contributed by atoms with Gasteiger partial charge in [0.05, 0.1) is 0 Å². The third kappa shape index (κ3) is 69.3. The Morgan fingerprint density at radius 3 is 0.744 bits per heavy atom. The second-order valence-corrected chi connectivity index (χ2v) is 5.23. The minimum atomic E-state index is 0. The molecule has 3 aromatic carbocycles. The maximum absolute atomic E-state index is 2.20. The molecule has 214 valence electrons. The number of hydrogen-bond donors (Lipinski definition) is 0. The van der Waals surface area contributed by atoms with Crippen molar-refractivity contribution in [2.75, 3.05) is 0 Å². The van der Waals surface area contributed by atoms with Crippen molar-refractivity contribution in [3.05, 3.63) is 130 Å². The number of aryl methyl sites for hydroxylation is 2. The van der Waals surface area contributed by atoms with Gasteiger partial charge in [0.2, 0.25) is 0 Å². The molecule has 0 aliphatic heterocycles. The molecule has 3 rings (SSSR count). The van der Waals surface area contributed by atoms with Gasteiger partial charge in [0.1, 0.15) is 0 Å². The fraction of sp³-hybridized carbons (Fsp3) is 0.417. The molecule has 0 amide bonds. The summed E-state index contributed by atoms with van der Waals surface area (Å²) >= 11 is 0. The van der Waals surface area contributed by atoms with Crippen LogP contribution in [0.3, 0.4) is 0 Å². The SMILES string of the molecule is CC.CC.CC.CC.CC.CCCc1ccccc1.CCc1ccccc1.[CH3-].[CH3-].[CH3-].[Rb+].[Rb+].[Rb+].c1ccccc1. The summed E-state index contributed by atoms with van der Waals surface area (Å²) in [6.07, 6.45) is 3.59. The molecule has 0 nitrogen and oxygen atoms in total. The van der Waals surface area contributed by atoms with E-state index in [9.17, 15) is 0 Å². The van der Waals surface area contributed by atoms with E-state index in [2.05, 4.69) is 68.4 Å². The monoisotopic (exact) mass is 754 g/mol. The van der Waals surface area contributed by atoms with Crippen LogP contribution in [-0.4, -0.2) is 0 Å². The van der Waals surface area contributed by atoms with Gasteiger partial charge in [-0.25, -0.2) is 0 Å². The first-order valence-electron chi connectivity index (χ1n) is 13.4. The van der Waals surface area contributed by atoms with Crippen LogP contribution in [0.2, 0.25) is 0 Å². The quantitative estimate of drug-likeness (QED) is 0.354. The molecular formula is C36H67Rb3. The average Bonchev–Trinajstić information content (AvgIpc) is 2.97.